The van der Waals surface area contributed by atoms with Gasteiger partial charge in [-0.1, -0.05) is 115 Å². The zero-order valence-corrected chi connectivity index (χ0v) is 24.1. The van der Waals surface area contributed by atoms with Crippen LogP contribution in [0.5, 0.6) is 0 Å². The SMILES string of the molecule is O=c1nc(-c2cccc(-c3ccc4c5ccccc5c5ccccc5c4c3)c2)nc2c3cc(-c4ccccc4)ccc3ncn12. The number of nitrogens with zero attached hydrogens (tertiary/aromatic N) is 4. The summed E-state index contributed by atoms with van der Waals surface area (Å²) in [6.45, 7) is 0. The highest BCUT2D eigenvalue weighted by Gasteiger charge is 2.14. The maximum absolute atomic E-state index is 13.3. The quantitative estimate of drug-likeness (QED) is 0.197. The summed E-state index contributed by atoms with van der Waals surface area (Å²) in [5.41, 5.74) is 5.89. The molecule has 7 aromatic carbocycles. The van der Waals surface area contributed by atoms with E-state index in [4.69, 9.17) is 4.98 Å². The van der Waals surface area contributed by atoms with Gasteiger partial charge in [0.05, 0.1) is 5.52 Å². The molecule has 0 N–H and O–H groups in total. The van der Waals surface area contributed by atoms with Crippen LogP contribution in [0.4, 0.5) is 0 Å². The fourth-order valence-corrected chi connectivity index (χ4v) is 6.52. The Kier molecular flexibility index (Phi) is 5.59. The van der Waals surface area contributed by atoms with Crippen molar-refractivity contribution >= 4 is 48.9 Å². The zero-order valence-electron chi connectivity index (χ0n) is 24.1. The van der Waals surface area contributed by atoms with Gasteiger partial charge in [-0.05, 0) is 78.8 Å². The molecule has 45 heavy (non-hydrogen) atoms. The molecule has 210 valence electrons. The van der Waals surface area contributed by atoms with Crippen LogP contribution in [-0.4, -0.2) is 19.4 Å². The summed E-state index contributed by atoms with van der Waals surface area (Å²) < 4.78 is 1.42. The van der Waals surface area contributed by atoms with Gasteiger partial charge in [0, 0.05) is 10.9 Å². The van der Waals surface area contributed by atoms with E-state index in [-0.39, 0.29) is 0 Å². The average molecular weight is 577 g/mol. The molecule has 0 spiro atoms. The van der Waals surface area contributed by atoms with Crippen LogP contribution in [0.15, 0.2) is 151 Å². The normalized spacial score (nSPS) is 11.6. The molecule has 0 unspecified atom stereocenters. The van der Waals surface area contributed by atoms with Crippen molar-refractivity contribution in [2.75, 3.05) is 0 Å². The van der Waals surface area contributed by atoms with E-state index >= 15 is 0 Å². The Balaban J connectivity index is 1.21. The van der Waals surface area contributed by atoms with Gasteiger partial charge in [-0.2, -0.15) is 4.98 Å². The molecule has 0 aliphatic carbocycles. The Hall–Kier alpha value is -6.20. The van der Waals surface area contributed by atoms with E-state index in [1.807, 2.05) is 48.5 Å². The lowest BCUT2D eigenvalue weighted by molar-refractivity contribution is 0.931. The largest absolute Gasteiger partial charge is 0.356 e. The Morgan fingerprint density at radius 3 is 1.73 bits per heavy atom. The molecule has 0 aliphatic heterocycles. The molecule has 2 heterocycles. The van der Waals surface area contributed by atoms with Gasteiger partial charge in [-0.25, -0.2) is 19.2 Å². The van der Waals surface area contributed by atoms with Crippen LogP contribution in [0.1, 0.15) is 0 Å². The highest BCUT2D eigenvalue weighted by atomic mass is 16.1. The summed E-state index contributed by atoms with van der Waals surface area (Å²) in [4.78, 5) is 27.1. The third-order valence-electron chi connectivity index (χ3n) is 8.70. The summed E-state index contributed by atoms with van der Waals surface area (Å²) in [5, 5.41) is 8.21. The molecule has 9 rings (SSSR count). The molecule has 0 atom stereocenters. The van der Waals surface area contributed by atoms with Gasteiger partial charge >= 0.3 is 5.69 Å². The smallest absolute Gasteiger partial charge is 0.245 e. The molecule has 0 saturated carbocycles. The number of rotatable bonds is 3. The van der Waals surface area contributed by atoms with E-state index in [2.05, 4.69) is 101 Å². The van der Waals surface area contributed by atoms with Crippen molar-refractivity contribution in [3.63, 3.8) is 0 Å². The first-order valence-corrected chi connectivity index (χ1v) is 14.9. The average Bonchev–Trinajstić information content (AvgIpc) is 3.11. The molecule has 5 heteroatoms. The van der Waals surface area contributed by atoms with Gasteiger partial charge in [0.25, 0.3) is 0 Å². The maximum Gasteiger partial charge on any atom is 0.356 e. The van der Waals surface area contributed by atoms with Gasteiger partial charge in [-0.3, -0.25) is 0 Å². The van der Waals surface area contributed by atoms with E-state index in [0.717, 1.165) is 38.7 Å². The van der Waals surface area contributed by atoms with E-state index in [0.29, 0.717) is 11.5 Å². The third-order valence-corrected chi connectivity index (χ3v) is 8.70. The first kappa shape index (κ1) is 25.3. The monoisotopic (exact) mass is 576 g/mol. The Morgan fingerprint density at radius 1 is 0.422 bits per heavy atom. The van der Waals surface area contributed by atoms with E-state index < -0.39 is 5.69 Å². The fraction of sp³-hybridized carbons (Fsp3) is 0. The third kappa shape index (κ3) is 4.09. The molecule has 0 radical (unpaired) electrons. The highest BCUT2D eigenvalue weighted by molar-refractivity contribution is 6.25. The molecule has 0 fully saturated rings. The second-order valence-electron chi connectivity index (χ2n) is 11.3. The van der Waals surface area contributed by atoms with Crippen LogP contribution >= 0.6 is 0 Å². The Labute approximate surface area is 257 Å². The predicted molar refractivity (Wildman–Crippen MR) is 183 cm³/mol. The van der Waals surface area contributed by atoms with Crippen LogP contribution in [0.25, 0.3) is 82.5 Å². The van der Waals surface area contributed by atoms with Crippen LogP contribution in [-0.2, 0) is 0 Å². The summed E-state index contributed by atoms with van der Waals surface area (Å²) >= 11 is 0. The second-order valence-corrected chi connectivity index (χ2v) is 11.3. The second kappa shape index (κ2) is 9.93. The minimum absolute atomic E-state index is 0.386. The van der Waals surface area contributed by atoms with Crippen molar-refractivity contribution < 1.29 is 0 Å². The van der Waals surface area contributed by atoms with Crippen molar-refractivity contribution in [2.45, 2.75) is 0 Å². The Morgan fingerprint density at radius 2 is 0.978 bits per heavy atom. The van der Waals surface area contributed by atoms with Crippen LogP contribution < -0.4 is 5.69 Å². The maximum atomic E-state index is 13.3. The summed E-state index contributed by atoms with van der Waals surface area (Å²) in [6.07, 6.45) is 1.51. The molecule has 0 aliphatic rings. The van der Waals surface area contributed by atoms with E-state index in [1.165, 1.54) is 43.0 Å². The zero-order chi connectivity index (χ0) is 29.9. The van der Waals surface area contributed by atoms with Crippen molar-refractivity contribution in [3.8, 4) is 33.6 Å². The summed E-state index contributed by atoms with van der Waals surface area (Å²) in [6, 6.07) is 48.2. The lowest BCUT2D eigenvalue weighted by atomic mass is 9.92. The standard InChI is InChI=1S/C40H24N4O/c45-40-43-38(42-39-36-23-27(25-9-2-1-3-10-25)18-20-37(36)41-24-44(39)40)29-12-8-11-26(21-29)28-17-19-34-32-15-5-4-13-30(32)31-14-6-7-16-33(31)35(34)22-28/h1-24H. The topological polar surface area (TPSA) is 60.2 Å². The molecule has 0 bridgehead atoms. The van der Waals surface area contributed by atoms with Gasteiger partial charge in [0.1, 0.15) is 6.33 Å². The van der Waals surface area contributed by atoms with Gasteiger partial charge < -0.3 is 0 Å². The minimum Gasteiger partial charge on any atom is -0.245 e. The predicted octanol–water partition coefficient (Wildman–Crippen LogP) is 9.10. The lowest BCUT2D eigenvalue weighted by Gasteiger charge is -2.12. The van der Waals surface area contributed by atoms with Crippen LogP contribution in [0, 0.1) is 0 Å². The molecule has 2 aromatic heterocycles. The van der Waals surface area contributed by atoms with Crippen LogP contribution in [0.2, 0.25) is 0 Å². The minimum atomic E-state index is -0.413. The Bertz CT molecular complexity index is 2640. The number of hydrogen-bond acceptors (Lipinski definition) is 4. The summed E-state index contributed by atoms with van der Waals surface area (Å²) in [7, 11) is 0. The number of aromatic nitrogens is 4. The van der Waals surface area contributed by atoms with Crippen molar-refractivity contribution in [1.82, 2.24) is 19.4 Å². The lowest BCUT2D eigenvalue weighted by Crippen LogP contribution is -2.20. The van der Waals surface area contributed by atoms with Gasteiger partial charge in [0.15, 0.2) is 11.5 Å². The molecular weight excluding hydrogens is 552 g/mol. The fourth-order valence-electron chi connectivity index (χ4n) is 6.52. The molecule has 0 saturated heterocycles. The number of benzene rings is 7. The van der Waals surface area contributed by atoms with Crippen molar-refractivity contribution in [1.29, 1.82) is 0 Å². The van der Waals surface area contributed by atoms with Crippen molar-refractivity contribution in [2.24, 2.45) is 0 Å². The van der Waals surface area contributed by atoms with Gasteiger partial charge in [0.2, 0.25) is 0 Å². The van der Waals surface area contributed by atoms with Gasteiger partial charge in [-0.15, -0.1) is 0 Å². The molecule has 5 nitrogen and oxygen atoms in total. The van der Waals surface area contributed by atoms with Crippen molar-refractivity contribution in [3.05, 3.63) is 156 Å². The molecule has 9 aromatic rings. The number of hydrogen-bond donors (Lipinski definition) is 0. The van der Waals surface area contributed by atoms with E-state index in [9.17, 15) is 4.79 Å². The molecule has 0 amide bonds. The van der Waals surface area contributed by atoms with Crippen LogP contribution in [0.3, 0.4) is 0 Å². The molecular formula is C40H24N4O. The highest BCUT2D eigenvalue weighted by Crippen LogP contribution is 2.37. The first-order chi connectivity index (χ1) is 22.2. The summed E-state index contributed by atoms with van der Waals surface area (Å²) in [5.74, 6) is 0.386. The number of fused-ring (bicyclic) bond motifs is 9. The first-order valence-electron chi connectivity index (χ1n) is 14.9. The van der Waals surface area contributed by atoms with E-state index in [1.54, 1.807) is 0 Å².